The molecular formula is C3H3ClO3. The van der Waals surface area contributed by atoms with E-state index in [1.807, 2.05) is 0 Å². The second kappa shape index (κ2) is 1.58. The molecule has 1 saturated heterocycles. The molecule has 3 nitrogen and oxygen atoms in total. The quantitative estimate of drug-likeness (QED) is 0.351. The van der Waals surface area contributed by atoms with Crippen LogP contribution in [0.1, 0.15) is 0 Å². The van der Waals surface area contributed by atoms with Gasteiger partial charge in [0.25, 0.3) is 0 Å². The number of carbonyl (C=O) groups is 1. The third-order valence-electron chi connectivity index (χ3n) is 0.556. The van der Waals surface area contributed by atoms with E-state index in [1.165, 1.54) is 0 Å². The van der Waals surface area contributed by atoms with Gasteiger partial charge in [0, 0.05) is 0 Å². The van der Waals surface area contributed by atoms with Gasteiger partial charge in [-0.2, -0.15) is 0 Å². The molecule has 1 fully saturated rings. The van der Waals surface area contributed by atoms with E-state index in [1.54, 1.807) is 0 Å². The summed E-state index contributed by atoms with van der Waals surface area (Å²) in [7, 11) is 0. The normalized spacial score (nSPS) is 29.3. The van der Waals surface area contributed by atoms with Crippen LogP contribution in [0.3, 0.4) is 0 Å². The first-order chi connectivity index (χ1) is 3.29. The van der Waals surface area contributed by atoms with E-state index < -0.39 is 11.7 Å². The van der Waals surface area contributed by atoms with Crippen LogP contribution >= 0.6 is 11.6 Å². The lowest BCUT2D eigenvalue weighted by atomic mass is 10.8. The molecule has 40 valence electrons. The number of rotatable bonds is 0. The van der Waals surface area contributed by atoms with Gasteiger partial charge < -0.3 is 9.47 Å². The summed E-state index contributed by atoms with van der Waals surface area (Å²) in [6, 6.07) is 0. The van der Waals surface area contributed by atoms with Crippen LogP contribution in [0.2, 0.25) is 0 Å². The van der Waals surface area contributed by atoms with Gasteiger partial charge in [0.1, 0.15) is 6.61 Å². The van der Waals surface area contributed by atoms with Crippen molar-refractivity contribution in [3.63, 3.8) is 0 Å². The minimum Gasteiger partial charge on any atom is -0.429 e. The Morgan fingerprint density at radius 1 is 1.86 bits per heavy atom. The summed E-state index contributed by atoms with van der Waals surface area (Å²) < 4.78 is 8.54. The highest BCUT2D eigenvalue weighted by Gasteiger charge is 2.21. The van der Waals surface area contributed by atoms with Crippen LogP contribution < -0.4 is 0 Å². The van der Waals surface area contributed by atoms with E-state index in [4.69, 9.17) is 11.6 Å². The van der Waals surface area contributed by atoms with Crippen molar-refractivity contribution in [2.75, 3.05) is 6.61 Å². The fraction of sp³-hybridized carbons (Fsp3) is 0.667. The molecule has 1 unspecified atom stereocenters. The van der Waals surface area contributed by atoms with Crippen LogP contribution in [0.15, 0.2) is 0 Å². The number of hydrogen-bond acceptors (Lipinski definition) is 3. The lowest BCUT2D eigenvalue weighted by molar-refractivity contribution is 0.128. The molecule has 0 aromatic heterocycles. The van der Waals surface area contributed by atoms with Gasteiger partial charge in [0.05, 0.1) is 0 Å². The van der Waals surface area contributed by atoms with E-state index in [0.29, 0.717) is 0 Å². The van der Waals surface area contributed by atoms with Gasteiger partial charge in [0.2, 0.25) is 5.56 Å². The average Bonchev–Trinajstić information content (AvgIpc) is 1.87. The van der Waals surface area contributed by atoms with E-state index >= 15 is 0 Å². The molecule has 0 aliphatic carbocycles. The molecule has 1 atom stereocenters. The highest BCUT2D eigenvalue weighted by Crippen LogP contribution is 2.08. The molecule has 0 saturated carbocycles. The predicted octanol–water partition coefficient (Wildman–Crippen LogP) is 0.718. The fourth-order valence-electron chi connectivity index (χ4n) is 0.306. The lowest BCUT2D eigenvalue weighted by Gasteiger charge is -1.87. The Bertz CT molecular complexity index is 92.2. The van der Waals surface area contributed by atoms with Gasteiger partial charge in [0.15, 0.2) is 0 Å². The summed E-state index contributed by atoms with van der Waals surface area (Å²) in [6.45, 7) is 0.167. The zero-order chi connectivity index (χ0) is 5.28. The lowest BCUT2D eigenvalue weighted by Crippen LogP contribution is -1.97. The average molecular weight is 123 g/mol. The second-order valence-electron chi connectivity index (χ2n) is 1.09. The number of halogens is 1. The maximum Gasteiger partial charge on any atom is 0.510 e. The van der Waals surface area contributed by atoms with Gasteiger partial charge in [-0.1, -0.05) is 11.6 Å². The van der Waals surface area contributed by atoms with E-state index in [0.717, 1.165) is 0 Å². The standard InChI is InChI=1S/C3H3ClO3/c4-2-1-6-3(5)7-2/h2H,1H2. The molecule has 1 heterocycles. The molecule has 0 aromatic rings. The summed E-state index contributed by atoms with van der Waals surface area (Å²) in [4.78, 5) is 9.92. The molecular weight excluding hydrogens is 119 g/mol. The first-order valence-corrected chi connectivity index (χ1v) is 2.20. The van der Waals surface area contributed by atoms with Crippen molar-refractivity contribution in [3.05, 3.63) is 0 Å². The SMILES string of the molecule is O=C1OCC(Cl)O1. The van der Waals surface area contributed by atoms with Crippen molar-refractivity contribution in [1.82, 2.24) is 0 Å². The monoisotopic (exact) mass is 122 g/mol. The Morgan fingerprint density at radius 3 is 2.71 bits per heavy atom. The molecule has 0 amide bonds. The third kappa shape index (κ3) is 0.962. The van der Waals surface area contributed by atoms with Gasteiger partial charge in [-0.25, -0.2) is 4.79 Å². The molecule has 4 heteroatoms. The summed E-state index contributed by atoms with van der Waals surface area (Å²) >= 11 is 5.24. The molecule has 0 N–H and O–H groups in total. The Hall–Kier alpha value is -0.440. The number of ether oxygens (including phenoxy) is 2. The Morgan fingerprint density at radius 2 is 2.57 bits per heavy atom. The molecule has 0 aromatic carbocycles. The highest BCUT2D eigenvalue weighted by molar-refractivity contribution is 6.20. The zero-order valence-electron chi connectivity index (χ0n) is 3.39. The van der Waals surface area contributed by atoms with Crippen molar-refractivity contribution in [2.24, 2.45) is 0 Å². The molecule has 0 bridgehead atoms. The van der Waals surface area contributed by atoms with Crippen LogP contribution in [0.25, 0.3) is 0 Å². The zero-order valence-corrected chi connectivity index (χ0v) is 4.14. The number of hydrogen-bond donors (Lipinski definition) is 0. The molecule has 0 radical (unpaired) electrons. The van der Waals surface area contributed by atoms with Crippen molar-refractivity contribution < 1.29 is 14.3 Å². The Kier molecular flexibility index (Phi) is 1.06. The number of cyclic esters (lactones) is 2. The molecule has 1 rings (SSSR count). The summed E-state index contributed by atoms with van der Waals surface area (Å²) in [5, 5.41) is 0. The first kappa shape index (κ1) is 4.71. The molecule has 0 spiro atoms. The third-order valence-corrected chi connectivity index (χ3v) is 0.771. The summed E-state index contributed by atoms with van der Waals surface area (Å²) in [6.07, 6.45) is -0.681. The van der Waals surface area contributed by atoms with Crippen molar-refractivity contribution in [3.8, 4) is 0 Å². The van der Waals surface area contributed by atoms with E-state index in [2.05, 4.69) is 9.47 Å². The van der Waals surface area contributed by atoms with Gasteiger partial charge in [-0.3, -0.25) is 0 Å². The van der Waals surface area contributed by atoms with Gasteiger partial charge in [-0.15, -0.1) is 0 Å². The Labute approximate surface area is 45.2 Å². The molecule has 7 heavy (non-hydrogen) atoms. The van der Waals surface area contributed by atoms with Crippen molar-refractivity contribution in [2.45, 2.75) is 5.56 Å². The fourth-order valence-corrected chi connectivity index (χ4v) is 0.442. The Balaban J connectivity index is 2.40. The van der Waals surface area contributed by atoms with E-state index in [9.17, 15) is 4.79 Å². The highest BCUT2D eigenvalue weighted by atomic mass is 35.5. The second-order valence-corrected chi connectivity index (χ2v) is 1.58. The molecule has 1 aliphatic heterocycles. The smallest absolute Gasteiger partial charge is 0.429 e. The van der Waals surface area contributed by atoms with Gasteiger partial charge >= 0.3 is 6.16 Å². The minimum atomic E-state index is -0.681. The van der Waals surface area contributed by atoms with Crippen LogP contribution in [0.5, 0.6) is 0 Å². The topological polar surface area (TPSA) is 35.5 Å². The van der Waals surface area contributed by atoms with Crippen molar-refractivity contribution in [1.29, 1.82) is 0 Å². The largest absolute Gasteiger partial charge is 0.510 e. The molecule has 1 aliphatic rings. The number of alkyl halides is 1. The van der Waals surface area contributed by atoms with Crippen LogP contribution in [0.4, 0.5) is 4.79 Å². The maximum atomic E-state index is 9.92. The first-order valence-electron chi connectivity index (χ1n) is 1.76. The van der Waals surface area contributed by atoms with Crippen LogP contribution in [-0.2, 0) is 9.47 Å². The summed E-state index contributed by atoms with van der Waals surface area (Å²) in [5.74, 6) is 0. The maximum absolute atomic E-state index is 9.92. The van der Waals surface area contributed by atoms with Gasteiger partial charge in [-0.05, 0) is 0 Å². The number of carbonyl (C=O) groups excluding carboxylic acids is 1. The van der Waals surface area contributed by atoms with E-state index in [-0.39, 0.29) is 6.61 Å². The minimum absolute atomic E-state index is 0.167. The van der Waals surface area contributed by atoms with Crippen LogP contribution in [0, 0.1) is 0 Å². The predicted molar refractivity (Wildman–Crippen MR) is 22.1 cm³/mol. The van der Waals surface area contributed by atoms with Crippen molar-refractivity contribution >= 4 is 17.8 Å². The summed E-state index contributed by atoms with van der Waals surface area (Å²) in [5.41, 5.74) is -0.576. The van der Waals surface area contributed by atoms with Crippen LogP contribution in [-0.4, -0.2) is 18.3 Å².